The first-order chi connectivity index (χ1) is 11.1. The van der Waals surface area contributed by atoms with Gasteiger partial charge in [-0.1, -0.05) is 37.3 Å². The molecule has 0 spiro atoms. The predicted molar refractivity (Wildman–Crippen MR) is 93.5 cm³/mol. The smallest absolute Gasteiger partial charge is 0.333 e. The van der Waals surface area contributed by atoms with Gasteiger partial charge in [-0.2, -0.15) is 0 Å². The summed E-state index contributed by atoms with van der Waals surface area (Å²) in [6, 6.07) is 10.2. The number of ether oxygens (including phenoxy) is 2. The predicted octanol–water partition coefficient (Wildman–Crippen LogP) is 3.63. The molecule has 1 aromatic carbocycles. The molecule has 0 fully saturated rings. The number of thioether (sulfide) groups is 1. The van der Waals surface area contributed by atoms with Crippen molar-refractivity contribution in [3.63, 3.8) is 0 Å². The highest BCUT2D eigenvalue weighted by molar-refractivity contribution is 8.02. The van der Waals surface area contributed by atoms with Crippen LogP contribution in [0.15, 0.2) is 30.3 Å². The van der Waals surface area contributed by atoms with Gasteiger partial charge < -0.3 is 9.47 Å². The molecule has 1 aromatic rings. The largest absolute Gasteiger partial charge is 0.465 e. The molecule has 0 aromatic heterocycles. The van der Waals surface area contributed by atoms with Crippen molar-refractivity contribution in [3.8, 4) is 0 Å². The van der Waals surface area contributed by atoms with Gasteiger partial charge >= 0.3 is 11.9 Å². The molecule has 0 unspecified atom stereocenters. The standard InChI is InChI=1S/C18H26O4S/c1-4-18(16(19)21-5-2,17(20)22-6-3)23-14-10-13-15-11-8-7-9-12-15/h7-9,11-12H,4-6,10,13-14H2,1-3H3. The highest BCUT2D eigenvalue weighted by Crippen LogP contribution is 2.33. The Kier molecular flexibility index (Phi) is 8.77. The Morgan fingerprint density at radius 2 is 1.57 bits per heavy atom. The lowest BCUT2D eigenvalue weighted by molar-refractivity contribution is -0.158. The third-order valence-electron chi connectivity index (χ3n) is 3.51. The maximum atomic E-state index is 12.3. The van der Waals surface area contributed by atoms with Gasteiger partial charge in [-0.15, -0.1) is 11.8 Å². The normalized spacial score (nSPS) is 11.1. The van der Waals surface area contributed by atoms with Crippen molar-refractivity contribution in [1.82, 2.24) is 0 Å². The summed E-state index contributed by atoms with van der Waals surface area (Å²) in [5, 5.41) is 0. The van der Waals surface area contributed by atoms with Crippen LogP contribution in [0.4, 0.5) is 0 Å². The lowest BCUT2D eigenvalue weighted by atomic mass is 10.1. The van der Waals surface area contributed by atoms with Gasteiger partial charge in [-0.05, 0) is 44.4 Å². The average Bonchev–Trinajstić information content (AvgIpc) is 2.56. The van der Waals surface area contributed by atoms with Gasteiger partial charge in [-0.25, -0.2) is 9.59 Å². The van der Waals surface area contributed by atoms with Crippen LogP contribution in [0.25, 0.3) is 0 Å². The first kappa shape index (κ1) is 19.6. The summed E-state index contributed by atoms with van der Waals surface area (Å²) in [5.41, 5.74) is 1.25. The molecule has 23 heavy (non-hydrogen) atoms. The molecule has 0 radical (unpaired) electrons. The molecule has 0 heterocycles. The summed E-state index contributed by atoms with van der Waals surface area (Å²) >= 11 is 1.34. The van der Waals surface area contributed by atoms with Crippen molar-refractivity contribution < 1.29 is 19.1 Å². The lowest BCUT2D eigenvalue weighted by Gasteiger charge is -2.27. The van der Waals surface area contributed by atoms with E-state index in [2.05, 4.69) is 12.1 Å². The molecule has 4 nitrogen and oxygen atoms in total. The first-order valence-electron chi connectivity index (χ1n) is 8.13. The fourth-order valence-electron chi connectivity index (χ4n) is 2.25. The Labute approximate surface area is 142 Å². The fourth-order valence-corrected chi connectivity index (χ4v) is 3.45. The van der Waals surface area contributed by atoms with Gasteiger partial charge in [0, 0.05) is 0 Å². The molecular weight excluding hydrogens is 312 g/mol. The second kappa shape index (κ2) is 10.3. The molecule has 0 aliphatic carbocycles. The van der Waals surface area contributed by atoms with Gasteiger partial charge in [-0.3, -0.25) is 0 Å². The van der Waals surface area contributed by atoms with Crippen LogP contribution in [-0.4, -0.2) is 35.7 Å². The van der Waals surface area contributed by atoms with E-state index < -0.39 is 16.7 Å². The molecule has 0 atom stereocenters. The quantitative estimate of drug-likeness (QED) is 0.370. The minimum absolute atomic E-state index is 0.255. The number of hydrogen-bond donors (Lipinski definition) is 0. The zero-order valence-electron chi connectivity index (χ0n) is 14.2. The van der Waals surface area contributed by atoms with E-state index in [4.69, 9.17) is 9.47 Å². The number of esters is 2. The summed E-state index contributed by atoms with van der Waals surface area (Å²) in [5.74, 6) is -0.295. The Hall–Kier alpha value is -1.49. The molecule has 0 saturated heterocycles. The number of carbonyl (C=O) groups is 2. The van der Waals surface area contributed by atoms with Gasteiger partial charge in [0.2, 0.25) is 4.75 Å². The number of benzene rings is 1. The van der Waals surface area contributed by atoms with Crippen LogP contribution < -0.4 is 0 Å². The number of carbonyl (C=O) groups excluding carboxylic acids is 2. The maximum Gasteiger partial charge on any atom is 0.333 e. The maximum absolute atomic E-state index is 12.3. The van der Waals surface area contributed by atoms with Gasteiger partial charge in [0.25, 0.3) is 0 Å². The fraction of sp³-hybridized carbons (Fsp3) is 0.556. The van der Waals surface area contributed by atoms with Crippen LogP contribution in [0.1, 0.15) is 39.2 Å². The summed E-state index contributed by atoms with van der Waals surface area (Å²) in [4.78, 5) is 24.7. The molecule has 0 amide bonds. The minimum Gasteiger partial charge on any atom is -0.465 e. The van der Waals surface area contributed by atoms with Crippen LogP contribution in [-0.2, 0) is 25.5 Å². The molecule has 128 valence electrons. The highest BCUT2D eigenvalue weighted by atomic mass is 32.2. The molecule has 0 N–H and O–H groups in total. The van der Waals surface area contributed by atoms with Crippen molar-refractivity contribution in [2.24, 2.45) is 0 Å². The van der Waals surface area contributed by atoms with Crippen LogP contribution >= 0.6 is 11.8 Å². The molecule has 0 aliphatic heterocycles. The highest BCUT2D eigenvalue weighted by Gasteiger charge is 2.47. The number of rotatable bonds is 10. The van der Waals surface area contributed by atoms with E-state index in [0.29, 0.717) is 12.2 Å². The molecule has 1 rings (SSSR count). The van der Waals surface area contributed by atoms with Crippen molar-refractivity contribution in [3.05, 3.63) is 35.9 Å². The van der Waals surface area contributed by atoms with Crippen molar-refractivity contribution in [2.75, 3.05) is 19.0 Å². The van der Waals surface area contributed by atoms with E-state index in [9.17, 15) is 9.59 Å². The van der Waals surface area contributed by atoms with E-state index in [0.717, 1.165) is 12.8 Å². The Morgan fingerprint density at radius 1 is 1.00 bits per heavy atom. The third kappa shape index (κ3) is 5.57. The summed E-state index contributed by atoms with van der Waals surface area (Å²) in [6.07, 6.45) is 2.16. The van der Waals surface area contributed by atoms with E-state index in [1.54, 1.807) is 13.8 Å². The minimum atomic E-state index is -1.25. The Morgan fingerprint density at radius 3 is 2.04 bits per heavy atom. The molecule has 0 aliphatic rings. The van der Waals surface area contributed by atoms with Crippen LogP contribution in [0.3, 0.4) is 0 Å². The van der Waals surface area contributed by atoms with E-state index in [1.165, 1.54) is 17.3 Å². The second-order valence-electron chi connectivity index (χ2n) is 5.06. The average molecular weight is 338 g/mol. The second-order valence-corrected chi connectivity index (χ2v) is 6.45. The summed E-state index contributed by atoms with van der Waals surface area (Å²) in [7, 11) is 0. The Balaban J connectivity index is 2.68. The Bertz CT molecular complexity index is 469. The lowest BCUT2D eigenvalue weighted by Crippen LogP contribution is -2.46. The zero-order valence-corrected chi connectivity index (χ0v) is 15.0. The molecule has 0 saturated carbocycles. The van der Waals surface area contributed by atoms with Crippen molar-refractivity contribution >= 4 is 23.7 Å². The molecular formula is C18H26O4S. The number of aryl methyl sites for hydroxylation is 1. The number of hydrogen-bond acceptors (Lipinski definition) is 5. The van der Waals surface area contributed by atoms with E-state index in [1.807, 2.05) is 25.1 Å². The van der Waals surface area contributed by atoms with E-state index >= 15 is 0 Å². The van der Waals surface area contributed by atoms with Crippen LogP contribution in [0.2, 0.25) is 0 Å². The van der Waals surface area contributed by atoms with E-state index in [-0.39, 0.29) is 13.2 Å². The molecule has 0 bridgehead atoms. The zero-order chi connectivity index (χ0) is 17.1. The monoisotopic (exact) mass is 338 g/mol. The first-order valence-corrected chi connectivity index (χ1v) is 9.11. The van der Waals surface area contributed by atoms with Gasteiger partial charge in [0.15, 0.2) is 0 Å². The third-order valence-corrected chi connectivity index (χ3v) is 5.12. The summed E-state index contributed by atoms with van der Waals surface area (Å²) < 4.78 is 8.99. The topological polar surface area (TPSA) is 52.6 Å². The van der Waals surface area contributed by atoms with Gasteiger partial charge in [0.1, 0.15) is 0 Å². The molecule has 5 heteroatoms. The van der Waals surface area contributed by atoms with Gasteiger partial charge in [0.05, 0.1) is 13.2 Å². The van der Waals surface area contributed by atoms with Crippen molar-refractivity contribution in [1.29, 1.82) is 0 Å². The van der Waals surface area contributed by atoms with Crippen LogP contribution in [0.5, 0.6) is 0 Å². The van der Waals surface area contributed by atoms with Crippen molar-refractivity contribution in [2.45, 2.75) is 44.8 Å². The van der Waals surface area contributed by atoms with Crippen LogP contribution in [0, 0.1) is 0 Å². The summed E-state index contributed by atoms with van der Waals surface area (Å²) in [6.45, 7) is 5.81. The SMILES string of the molecule is CCOC(=O)C(CC)(SCCCc1ccccc1)C(=O)OCC.